The van der Waals surface area contributed by atoms with E-state index in [9.17, 15) is 14.4 Å². The average Bonchev–Trinajstić information content (AvgIpc) is 3.65. The van der Waals surface area contributed by atoms with Crippen molar-refractivity contribution in [3.8, 4) is 0 Å². The molecule has 1 saturated heterocycles. The highest BCUT2D eigenvalue weighted by Gasteiger charge is 2.53. The molecular weight excluding hydrogens is 414 g/mol. The van der Waals surface area contributed by atoms with Crippen LogP contribution in [0.5, 0.6) is 0 Å². The monoisotopic (exact) mass is 443 g/mol. The van der Waals surface area contributed by atoms with Crippen molar-refractivity contribution in [3.63, 3.8) is 0 Å². The number of carbonyl (C=O) groups excluding carboxylic acids is 3. The van der Waals surface area contributed by atoms with Crippen molar-refractivity contribution < 1.29 is 14.4 Å². The van der Waals surface area contributed by atoms with E-state index in [2.05, 4.69) is 11.4 Å². The molecule has 0 radical (unpaired) electrons. The number of urea groups is 1. The first-order chi connectivity index (χ1) is 16.1. The predicted octanol–water partition coefficient (Wildman–Crippen LogP) is 4.13. The highest BCUT2D eigenvalue weighted by molar-refractivity contribution is 6.09. The number of hydrogen-bond acceptors (Lipinski definition) is 3. The molecule has 1 N–H and O–H groups in total. The lowest BCUT2D eigenvalue weighted by Gasteiger charge is -2.30. The largest absolute Gasteiger partial charge is 0.325 e. The van der Waals surface area contributed by atoms with Gasteiger partial charge in [-0.2, -0.15) is 0 Å². The van der Waals surface area contributed by atoms with Gasteiger partial charge in [-0.05, 0) is 49.7 Å². The van der Waals surface area contributed by atoms with Gasteiger partial charge in [0, 0.05) is 18.2 Å². The number of nitrogens with zero attached hydrogens (tertiary/aromatic N) is 2. The van der Waals surface area contributed by atoms with Gasteiger partial charge < -0.3 is 10.2 Å². The number of benzene rings is 2. The molecule has 1 atom stereocenters. The van der Waals surface area contributed by atoms with Crippen LogP contribution in [0.2, 0.25) is 0 Å². The first-order valence-electron chi connectivity index (χ1n) is 11.8. The number of carbonyl (C=O) groups is 3. The van der Waals surface area contributed by atoms with E-state index in [-0.39, 0.29) is 24.4 Å². The molecule has 4 amide bonds. The molecule has 2 aromatic carbocycles. The normalized spacial score (nSPS) is 22.7. The summed E-state index contributed by atoms with van der Waals surface area (Å²) < 4.78 is 0. The fraction of sp³-hybridized carbons (Fsp3) is 0.370. The van der Waals surface area contributed by atoms with Crippen LogP contribution < -0.4 is 5.32 Å². The quantitative estimate of drug-likeness (QED) is 0.655. The summed E-state index contributed by atoms with van der Waals surface area (Å²) in [5, 5.41) is 2.95. The third-order valence-corrected chi connectivity index (χ3v) is 6.80. The zero-order chi connectivity index (χ0) is 22.8. The molecular formula is C27H29N3O3. The highest BCUT2D eigenvalue weighted by Crippen LogP contribution is 2.36. The Bertz CT molecular complexity index is 1080. The Balaban J connectivity index is 1.43. The Labute approximate surface area is 194 Å². The fourth-order valence-corrected chi connectivity index (χ4v) is 4.99. The molecule has 33 heavy (non-hydrogen) atoms. The first-order valence-corrected chi connectivity index (χ1v) is 11.8. The summed E-state index contributed by atoms with van der Waals surface area (Å²) in [7, 11) is 0. The van der Waals surface area contributed by atoms with Crippen LogP contribution in [0.4, 0.5) is 4.79 Å². The van der Waals surface area contributed by atoms with E-state index in [4.69, 9.17) is 0 Å². The Morgan fingerprint density at radius 3 is 2.33 bits per heavy atom. The molecule has 1 aliphatic heterocycles. The molecule has 6 nitrogen and oxygen atoms in total. The second-order valence-corrected chi connectivity index (χ2v) is 9.19. The van der Waals surface area contributed by atoms with Gasteiger partial charge in [-0.1, -0.05) is 66.7 Å². The van der Waals surface area contributed by atoms with Crippen LogP contribution in [-0.2, 0) is 21.5 Å². The van der Waals surface area contributed by atoms with Gasteiger partial charge in [0.1, 0.15) is 6.54 Å². The van der Waals surface area contributed by atoms with Gasteiger partial charge in [0.25, 0.3) is 5.91 Å². The summed E-state index contributed by atoms with van der Waals surface area (Å²) in [6, 6.07) is 18.7. The third-order valence-electron chi connectivity index (χ3n) is 6.80. The number of imide groups is 1. The van der Waals surface area contributed by atoms with E-state index in [0.29, 0.717) is 6.42 Å². The van der Waals surface area contributed by atoms with Gasteiger partial charge in [0.15, 0.2) is 5.54 Å². The zero-order valence-electron chi connectivity index (χ0n) is 18.7. The lowest BCUT2D eigenvalue weighted by Crippen LogP contribution is -2.47. The molecule has 5 rings (SSSR count). The van der Waals surface area contributed by atoms with Gasteiger partial charge in [-0.3, -0.25) is 14.5 Å². The summed E-state index contributed by atoms with van der Waals surface area (Å²) in [6.45, 7) is -0.234. The van der Waals surface area contributed by atoms with Crippen LogP contribution in [0.15, 0.2) is 72.4 Å². The van der Waals surface area contributed by atoms with Crippen molar-refractivity contribution in [3.05, 3.63) is 83.6 Å². The molecule has 1 heterocycles. The molecule has 0 bridgehead atoms. The molecule has 2 aromatic rings. The molecule has 6 heteroatoms. The minimum atomic E-state index is -1.23. The molecule has 0 spiro atoms. The number of rotatable bonds is 7. The van der Waals surface area contributed by atoms with E-state index in [1.807, 2.05) is 65.6 Å². The minimum Gasteiger partial charge on any atom is -0.319 e. The Morgan fingerprint density at radius 2 is 1.70 bits per heavy atom. The lowest BCUT2D eigenvalue weighted by molar-refractivity contribution is -0.138. The number of hydrogen-bond donors (Lipinski definition) is 1. The van der Waals surface area contributed by atoms with Crippen molar-refractivity contribution in [2.24, 2.45) is 0 Å². The van der Waals surface area contributed by atoms with E-state index in [0.717, 1.165) is 60.2 Å². The van der Waals surface area contributed by atoms with Crippen LogP contribution in [0.1, 0.15) is 49.7 Å². The second-order valence-electron chi connectivity index (χ2n) is 9.19. The van der Waals surface area contributed by atoms with Gasteiger partial charge >= 0.3 is 6.03 Å². The van der Waals surface area contributed by atoms with E-state index >= 15 is 0 Å². The number of allylic oxidation sites excluding steroid dienone is 2. The maximum Gasteiger partial charge on any atom is 0.325 e. The van der Waals surface area contributed by atoms with Crippen LogP contribution in [0.25, 0.3) is 0 Å². The van der Waals surface area contributed by atoms with Crippen molar-refractivity contribution in [1.82, 2.24) is 15.1 Å². The van der Waals surface area contributed by atoms with Crippen molar-refractivity contribution >= 4 is 17.8 Å². The minimum absolute atomic E-state index is 0.169. The summed E-state index contributed by atoms with van der Waals surface area (Å²) in [6.07, 6.45) is 8.49. The topological polar surface area (TPSA) is 69.7 Å². The number of amides is 4. The summed E-state index contributed by atoms with van der Waals surface area (Å²) in [5.74, 6) is -0.540. The van der Waals surface area contributed by atoms with Crippen LogP contribution in [-0.4, -0.2) is 40.2 Å². The smallest absolute Gasteiger partial charge is 0.319 e. The lowest BCUT2D eigenvalue weighted by atomic mass is 9.83. The second kappa shape index (κ2) is 8.85. The van der Waals surface area contributed by atoms with E-state index < -0.39 is 11.6 Å². The highest BCUT2D eigenvalue weighted by atomic mass is 16.2. The Morgan fingerprint density at radius 1 is 1.00 bits per heavy atom. The Kier molecular flexibility index (Phi) is 5.75. The van der Waals surface area contributed by atoms with Gasteiger partial charge in [0.05, 0.1) is 0 Å². The molecule has 1 saturated carbocycles. The molecule has 2 fully saturated rings. The average molecular weight is 444 g/mol. The SMILES string of the molecule is O=C1N[C@@](Cc2ccccc2)(c2ccccc2)C(=O)N1CC(=O)N(C1=CCCCC1)C1CC1. The molecule has 0 aromatic heterocycles. The van der Waals surface area contributed by atoms with Crippen LogP contribution in [0, 0.1) is 0 Å². The predicted molar refractivity (Wildman–Crippen MR) is 125 cm³/mol. The van der Waals surface area contributed by atoms with Gasteiger partial charge in [0.2, 0.25) is 5.91 Å². The third kappa shape index (κ3) is 4.17. The summed E-state index contributed by atoms with van der Waals surface area (Å²) in [5.41, 5.74) is 1.49. The van der Waals surface area contributed by atoms with E-state index in [1.54, 1.807) is 0 Å². The molecule has 2 aliphatic carbocycles. The number of nitrogens with one attached hydrogen (secondary N) is 1. The fourth-order valence-electron chi connectivity index (χ4n) is 4.99. The molecule has 3 aliphatic rings. The van der Waals surface area contributed by atoms with Crippen LogP contribution in [0.3, 0.4) is 0 Å². The van der Waals surface area contributed by atoms with E-state index in [1.165, 1.54) is 0 Å². The first kappa shape index (κ1) is 21.4. The maximum absolute atomic E-state index is 13.8. The van der Waals surface area contributed by atoms with Crippen molar-refractivity contribution in [2.45, 2.75) is 56.5 Å². The summed E-state index contributed by atoms with van der Waals surface area (Å²) in [4.78, 5) is 43.3. The zero-order valence-corrected chi connectivity index (χ0v) is 18.7. The van der Waals surface area contributed by atoms with Crippen molar-refractivity contribution in [1.29, 1.82) is 0 Å². The Hall–Kier alpha value is -3.41. The standard InChI is InChI=1S/C27H29N3O3/c31-24(30(23-16-17-23)22-14-8-3-9-15-22)19-29-25(32)27(28-26(29)33,21-12-6-2-7-13-21)18-20-10-4-1-5-11-20/h1-2,4-7,10-14,23H,3,8-9,15-19H2,(H,28,33)/t27-/m0/s1. The maximum atomic E-state index is 13.8. The molecule has 0 unspecified atom stereocenters. The van der Waals surface area contributed by atoms with Crippen molar-refractivity contribution in [2.75, 3.05) is 6.54 Å². The van der Waals surface area contributed by atoms with Crippen LogP contribution >= 0.6 is 0 Å². The molecule has 170 valence electrons. The summed E-state index contributed by atoms with van der Waals surface area (Å²) >= 11 is 0. The van der Waals surface area contributed by atoms with Gasteiger partial charge in [-0.15, -0.1) is 0 Å². The van der Waals surface area contributed by atoms with Gasteiger partial charge in [-0.25, -0.2) is 4.79 Å².